The van der Waals surface area contributed by atoms with Gasteiger partial charge in [0.2, 0.25) is 0 Å². The van der Waals surface area contributed by atoms with Gasteiger partial charge in [-0.15, -0.1) is 0 Å². The fraction of sp³-hybridized carbons (Fsp3) is 1.00. The first-order valence-corrected chi connectivity index (χ1v) is 4.43. The average molecular weight is 140 g/mol. The van der Waals surface area contributed by atoms with Crippen LogP contribution in [0.3, 0.4) is 0 Å². The lowest BCUT2D eigenvalue weighted by Crippen LogP contribution is -2.53. The van der Waals surface area contributed by atoms with Gasteiger partial charge in [0.25, 0.3) is 0 Å². The van der Waals surface area contributed by atoms with Crippen LogP contribution in [0.1, 0.15) is 25.7 Å². The lowest BCUT2D eigenvalue weighted by atomic mass is 9.96. The molecule has 1 N–H and O–H groups in total. The molecule has 0 aromatic heterocycles. The van der Waals surface area contributed by atoms with Gasteiger partial charge in [0.1, 0.15) is 0 Å². The zero-order chi connectivity index (χ0) is 6.81. The maximum atomic E-state index is 3.42. The van der Waals surface area contributed by atoms with E-state index in [0.717, 1.165) is 5.92 Å². The maximum Gasteiger partial charge on any atom is 0.0172 e. The van der Waals surface area contributed by atoms with E-state index < -0.39 is 0 Å². The summed E-state index contributed by atoms with van der Waals surface area (Å²) >= 11 is 0. The minimum atomic E-state index is 1.02. The molecule has 0 spiro atoms. The fourth-order valence-electron chi connectivity index (χ4n) is 1.85. The van der Waals surface area contributed by atoms with E-state index in [0.29, 0.717) is 0 Å². The molecule has 10 heavy (non-hydrogen) atoms. The van der Waals surface area contributed by atoms with Crippen molar-refractivity contribution in [2.45, 2.75) is 25.7 Å². The van der Waals surface area contributed by atoms with Crippen LogP contribution in [0.4, 0.5) is 0 Å². The normalized spacial score (nSPS) is 40.8. The Balaban J connectivity index is 1.81. The first-order valence-electron chi connectivity index (χ1n) is 4.43. The van der Waals surface area contributed by atoms with Gasteiger partial charge in [0.05, 0.1) is 0 Å². The van der Waals surface area contributed by atoms with Crippen molar-refractivity contribution >= 4 is 0 Å². The van der Waals surface area contributed by atoms with Crippen molar-refractivity contribution in [1.82, 2.24) is 10.4 Å². The quantitative estimate of drug-likeness (QED) is 0.540. The highest BCUT2D eigenvalue weighted by atomic mass is 15.5. The van der Waals surface area contributed by atoms with Gasteiger partial charge in [-0.25, -0.2) is 5.01 Å². The fourth-order valence-corrected chi connectivity index (χ4v) is 1.85. The summed E-state index contributed by atoms with van der Waals surface area (Å²) in [5.74, 6) is 1.02. The van der Waals surface area contributed by atoms with Crippen molar-refractivity contribution in [2.24, 2.45) is 5.92 Å². The smallest absolute Gasteiger partial charge is 0.0172 e. The van der Waals surface area contributed by atoms with Crippen LogP contribution in [-0.4, -0.2) is 24.6 Å². The third-order valence-electron chi connectivity index (χ3n) is 2.58. The Hall–Kier alpha value is -0.0800. The summed E-state index contributed by atoms with van der Waals surface area (Å²) in [5, 5.41) is 2.36. The molecule has 58 valence electrons. The Bertz CT molecular complexity index is 90.3. The second kappa shape index (κ2) is 2.89. The van der Waals surface area contributed by atoms with Crippen molar-refractivity contribution < 1.29 is 0 Å². The summed E-state index contributed by atoms with van der Waals surface area (Å²) < 4.78 is 0. The molecule has 2 nitrogen and oxygen atoms in total. The number of hydrogen-bond donors (Lipinski definition) is 1. The average Bonchev–Trinajstić information content (AvgIpc) is 1.98. The van der Waals surface area contributed by atoms with Crippen LogP contribution in [0.25, 0.3) is 0 Å². The topological polar surface area (TPSA) is 15.3 Å². The van der Waals surface area contributed by atoms with E-state index in [1.165, 1.54) is 45.3 Å². The van der Waals surface area contributed by atoms with Gasteiger partial charge in [-0.1, -0.05) is 12.8 Å². The van der Waals surface area contributed by atoms with Crippen LogP contribution in [0.5, 0.6) is 0 Å². The van der Waals surface area contributed by atoms with Gasteiger partial charge in [0, 0.05) is 19.6 Å². The van der Waals surface area contributed by atoms with Crippen molar-refractivity contribution in [1.29, 1.82) is 0 Å². The Labute approximate surface area is 62.6 Å². The van der Waals surface area contributed by atoms with E-state index in [-0.39, 0.29) is 0 Å². The predicted octanol–water partition coefficient (Wildman–Crippen LogP) is 0.997. The third-order valence-corrected chi connectivity index (χ3v) is 2.58. The summed E-state index contributed by atoms with van der Waals surface area (Å²) in [6.45, 7) is 3.81. The highest BCUT2D eigenvalue weighted by molar-refractivity contribution is 4.77. The summed E-state index contributed by atoms with van der Waals surface area (Å²) in [6, 6.07) is 0. The van der Waals surface area contributed by atoms with Crippen LogP contribution >= 0.6 is 0 Å². The monoisotopic (exact) mass is 140 g/mol. The lowest BCUT2D eigenvalue weighted by molar-refractivity contribution is 0.0444. The van der Waals surface area contributed by atoms with Crippen molar-refractivity contribution in [3.05, 3.63) is 0 Å². The standard InChI is InChI=1S/C8H16N2/c1-2-4-8-6-10(7-8)9-5-3-1/h8-9H,1-7H2. The molecule has 2 bridgehead atoms. The Morgan fingerprint density at radius 2 is 2.00 bits per heavy atom. The highest BCUT2D eigenvalue weighted by Gasteiger charge is 2.26. The van der Waals surface area contributed by atoms with Crippen molar-refractivity contribution in [3.8, 4) is 0 Å². The molecule has 2 heteroatoms. The number of fused-ring (bicyclic) bond motifs is 5. The molecule has 0 aromatic carbocycles. The number of hydrazine groups is 1. The molecule has 0 atom stereocenters. The highest BCUT2D eigenvalue weighted by Crippen LogP contribution is 2.21. The molecule has 0 aliphatic carbocycles. The number of nitrogens with zero attached hydrogens (tertiary/aromatic N) is 1. The van der Waals surface area contributed by atoms with Crippen LogP contribution in [0.15, 0.2) is 0 Å². The van der Waals surface area contributed by atoms with Gasteiger partial charge < -0.3 is 0 Å². The first kappa shape index (κ1) is 6.62. The summed E-state index contributed by atoms with van der Waals surface area (Å²) in [7, 11) is 0. The summed E-state index contributed by atoms with van der Waals surface area (Å²) in [6.07, 6.45) is 5.72. The largest absolute Gasteiger partial charge is 0.255 e. The number of hydrogen-bond acceptors (Lipinski definition) is 2. The predicted molar refractivity (Wildman–Crippen MR) is 41.5 cm³/mol. The van der Waals surface area contributed by atoms with Gasteiger partial charge in [-0.2, -0.15) is 0 Å². The molecule has 3 aliphatic heterocycles. The van der Waals surface area contributed by atoms with E-state index in [1.54, 1.807) is 0 Å². The van der Waals surface area contributed by atoms with Crippen LogP contribution in [-0.2, 0) is 0 Å². The molecular weight excluding hydrogens is 124 g/mol. The molecule has 0 radical (unpaired) electrons. The Morgan fingerprint density at radius 1 is 1.10 bits per heavy atom. The summed E-state index contributed by atoms with van der Waals surface area (Å²) in [4.78, 5) is 0. The minimum Gasteiger partial charge on any atom is -0.255 e. The van der Waals surface area contributed by atoms with Crippen LogP contribution in [0.2, 0.25) is 0 Å². The zero-order valence-corrected chi connectivity index (χ0v) is 6.47. The van der Waals surface area contributed by atoms with E-state index >= 15 is 0 Å². The van der Waals surface area contributed by atoms with E-state index in [1.807, 2.05) is 0 Å². The molecular formula is C8H16N2. The SMILES string of the molecule is C1CCNN2CC(CC1)C2. The molecule has 0 unspecified atom stereocenters. The molecule has 3 heterocycles. The van der Waals surface area contributed by atoms with Gasteiger partial charge >= 0.3 is 0 Å². The summed E-state index contributed by atoms with van der Waals surface area (Å²) in [5.41, 5.74) is 3.42. The minimum absolute atomic E-state index is 1.02. The maximum absolute atomic E-state index is 3.42. The van der Waals surface area contributed by atoms with E-state index in [2.05, 4.69) is 10.4 Å². The van der Waals surface area contributed by atoms with Gasteiger partial charge in [-0.3, -0.25) is 5.43 Å². The molecule has 3 saturated heterocycles. The second-order valence-corrected chi connectivity index (χ2v) is 3.53. The molecule has 3 rings (SSSR count). The van der Waals surface area contributed by atoms with Gasteiger partial charge in [-0.05, 0) is 18.8 Å². The van der Waals surface area contributed by atoms with Crippen LogP contribution in [0, 0.1) is 5.92 Å². The third kappa shape index (κ3) is 1.32. The lowest BCUT2D eigenvalue weighted by Gasteiger charge is -2.38. The number of nitrogens with one attached hydrogen (secondary N) is 1. The first-order chi connectivity index (χ1) is 4.95. The molecule has 0 saturated carbocycles. The molecule has 0 aromatic rings. The van der Waals surface area contributed by atoms with Gasteiger partial charge in [0.15, 0.2) is 0 Å². The molecule has 3 aliphatic rings. The van der Waals surface area contributed by atoms with E-state index in [4.69, 9.17) is 0 Å². The van der Waals surface area contributed by atoms with Crippen molar-refractivity contribution in [3.63, 3.8) is 0 Å². The Kier molecular flexibility index (Phi) is 1.91. The second-order valence-electron chi connectivity index (χ2n) is 3.53. The molecule has 3 fully saturated rings. The Morgan fingerprint density at radius 3 is 2.90 bits per heavy atom. The van der Waals surface area contributed by atoms with Crippen LogP contribution < -0.4 is 5.43 Å². The number of rotatable bonds is 0. The van der Waals surface area contributed by atoms with E-state index in [9.17, 15) is 0 Å². The zero-order valence-electron chi connectivity index (χ0n) is 6.47. The van der Waals surface area contributed by atoms with Crippen molar-refractivity contribution in [2.75, 3.05) is 19.6 Å². The molecule has 0 amide bonds.